The minimum absolute atomic E-state index is 0.0798. The molecule has 0 aromatic rings. The molecule has 6 nitrogen and oxygen atoms in total. The van der Waals surface area contributed by atoms with Crippen molar-refractivity contribution < 1.29 is 28.6 Å². The van der Waals surface area contributed by atoms with Gasteiger partial charge in [0.1, 0.15) is 13.2 Å². The maximum absolute atomic E-state index is 12.9. The molecule has 0 spiro atoms. The largest absolute Gasteiger partial charge is 0.462 e. The summed E-state index contributed by atoms with van der Waals surface area (Å²) in [6.45, 7) is 6.54. The summed E-state index contributed by atoms with van der Waals surface area (Å²) in [5, 5.41) is 0. The van der Waals surface area contributed by atoms with Crippen LogP contribution in [0.4, 0.5) is 0 Å². The van der Waals surface area contributed by atoms with Crippen LogP contribution in [0.3, 0.4) is 0 Å². The molecule has 1 atom stereocenters. The number of carbonyl (C=O) groups is 3. The van der Waals surface area contributed by atoms with Crippen LogP contribution in [0.1, 0.15) is 335 Å². The van der Waals surface area contributed by atoms with E-state index in [1.54, 1.807) is 0 Å². The van der Waals surface area contributed by atoms with Crippen molar-refractivity contribution in [1.29, 1.82) is 0 Å². The van der Waals surface area contributed by atoms with Crippen molar-refractivity contribution in [2.24, 2.45) is 0 Å². The Morgan fingerprint density at radius 1 is 0.256 bits per heavy atom. The number of allylic oxidation sites excluding steroid dienone is 18. The number of esters is 3. The first-order chi connectivity index (χ1) is 40.5. The van der Waals surface area contributed by atoms with Crippen LogP contribution < -0.4 is 0 Å². The lowest BCUT2D eigenvalue weighted by Gasteiger charge is -2.18. The molecule has 0 amide bonds. The first-order valence-corrected chi connectivity index (χ1v) is 34.9. The van der Waals surface area contributed by atoms with Crippen LogP contribution in [0, 0.1) is 0 Å². The van der Waals surface area contributed by atoms with Crippen molar-refractivity contribution in [2.75, 3.05) is 13.2 Å². The number of carbonyl (C=O) groups excluding carboxylic acids is 3. The molecule has 0 N–H and O–H groups in total. The molecule has 0 saturated heterocycles. The molecular formula is C76H130O6. The van der Waals surface area contributed by atoms with E-state index in [1.807, 2.05) is 0 Å². The molecule has 470 valence electrons. The molecule has 0 saturated carbocycles. The lowest BCUT2D eigenvalue weighted by atomic mass is 10.0. The van der Waals surface area contributed by atoms with Gasteiger partial charge in [0.15, 0.2) is 6.10 Å². The van der Waals surface area contributed by atoms with Crippen molar-refractivity contribution in [3.63, 3.8) is 0 Å². The number of rotatable bonds is 63. The highest BCUT2D eigenvalue weighted by molar-refractivity contribution is 5.71. The van der Waals surface area contributed by atoms with Gasteiger partial charge in [-0.25, -0.2) is 0 Å². The summed E-state index contributed by atoms with van der Waals surface area (Å²) in [4.78, 5) is 38.3. The van der Waals surface area contributed by atoms with Gasteiger partial charge >= 0.3 is 17.9 Å². The second-order valence-electron chi connectivity index (χ2n) is 23.1. The van der Waals surface area contributed by atoms with Crippen molar-refractivity contribution in [2.45, 2.75) is 341 Å². The minimum atomic E-state index is -0.784. The Morgan fingerprint density at radius 3 is 0.744 bits per heavy atom. The predicted octanol–water partition coefficient (Wildman–Crippen LogP) is 24.2. The number of unbranched alkanes of at least 4 members (excludes halogenated alkanes) is 34. The van der Waals surface area contributed by atoms with Crippen molar-refractivity contribution in [3.05, 3.63) is 109 Å². The van der Waals surface area contributed by atoms with Gasteiger partial charge in [-0.3, -0.25) is 14.4 Å². The third-order valence-corrected chi connectivity index (χ3v) is 15.0. The van der Waals surface area contributed by atoms with Gasteiger partial charge < -0.3 is 14.2 Å². The Hall–Kier alpha value is -3.93. The highest BCUT2D eigenvalue weighted by Gasteiger charge is 2.19. The van der Waals surface area contributed by atoms with Crippen LogP contribution in [0.25, 0.3) is 0 Å². The SMILES string of the molecule is CC/C=C\C/C=C\C/C=C\C/C=C\C/C=C\C/C=C\C/C=C\C/C=C\C/C=C\CCCCCCCC(=O)OCC(COC(=O)CCCCCCCCCCCCC)OC(=O)CCCCCCCCCCCCCCCCCCCCCC. The van der Waals surface area contributed by atoms with Crippen LogP contribution >= 0.6 is 0 Å². The lowest BCUT2D eigenvalue weighted by Crippen LogP contribution is -2.30. The minimum Gasteiger partial charge on any atom is -0.462 e. The molecule has 0 aliphatic heterocycles. The second kappa shape index (κ2) is 69.6. The molecule has 82 heavy (non-hydrogen) atoms. The van der Waals surface area contributed by atoms with Crippen LogP contribution in [0.5, 0.6) is 0 Å². The molecule has 0 heterocycles. The summed E-state index contributed by atoms with van der Waals surface area (Å²) in [5.74, 6) is -0.886. The van der Waals surface area contributed by atoms with Gasteiger partial charge in [-0.15, -0.1) is 0 Å². The van der Waals surface area contributed by atoms with E-state index in [0.717, 1.165) is 135 Å². The molecule has 0 bridgehead atoms. The van der Waals surface area contributed by atoms with Crippen molar-refractivity contribution >= 4 is 17.9 Å². The zero-order valence-electron chi connectivity index (χ0n) is 54.0. The average Bonchev–Trinajstić information content (AvgIpc) is 3.47. The monoisotopic (exact) mass is 1140 g/mol. The van der Waals surface area contributed by atoms with E-state index < -0.39 is 6.10 Å². The van der Waals surface area contributed by atoms with Crippen molar-refractivity contribution in [1.82, 2.24) is 0 Å². The Balaban J connectivity index is 4.27. The third kappa shape index (κ3) is 66.9. The molecule has 0 aromatic heterocycles. The predicted molar refractivity (Wildman–Crippen MR) is 357 cm³/mol. The normalized spacial score (nSPS) is 12.8. The molecule has 0 aliphatic carbocycles. The second-order valence-corrected chi connectivity index (χ2v) is 23.1. The van der Waals surface area contributed by atoms with E-state index in [4.69, 9.17) is 14.2 Å². The lowest BCUT2D eigenvalue weighted by molar-refractivity contribution is -0.167. The highest BCUT2D eigenvalue weighted by Crippen LogP contribution is 2.17. The Morgan fingerprint density at radius 2 is 0.476 bits per heavy atom. The Labute approximate surface area is 508 Å². The molecule has 0 radical (unpaired) electrons. The topological polar surface area (TPSA) is 78.9 Å². The molecule has 1 unspecified atom stereocenters. The van der Waals surface area contributed by atoms with Crippen molar-refractivity contribution in [3.8, 4) is 0 Å². The van der Waals surface area contributed by atoms with E-state index in [9.17, 15) is 14.4 Å². The number of ether oxygens (including phenoxy) is 3. The smallest absolute Gasteiger partial charge is 0.306 e. The molecule has 0 aliphatic rings. The summed E-state index contributed by atoms with van der Waals surface area (Å²) >= 11 is 0. The summed E-state index contributed by atoms with van der Waals surface area (Å²) < 4.78 is 16.9. The van der Waals surface area contributed by atoms with Crippen LogP contribution in [-0.4, -0.2) is 37.2 Å². The average molecular weight is 1140 g/mol. The molecule has 0 rings (SSSR count). The zero-order valence-corrected chi connectivity index (χ0v) is 54.0. The van der Waals surface area contributed by atoms with E-state index in [2.05, 4.69) is 130 Å². The van der Waals surface area contributed by atoms with E-state index >= 15 is 0 Å². The van der Waals surface area contributed by atoms with Gasteiger partial charge in [0.2, 0.25) is 0 Å². The van der Waals surface area contributed by atoms with Gasteiger partial charge in [-0.2, -0.15) is 0 Å². The van der Waals surface area contributed by atoms with Crippen LogP contribution in [0.2, 0.25) is 0 Å². The first kappa shape index (κ1) is 78.1. The van der Waals surface area contributed by atoms with Crippen LogP contribution in [-0.2, 0) is 28.6 Å². The fraction of sp³-hybridized carbons (Fsp3) is 0.724. The zero-order chi connectivity index (χ0) is 59.2. The maximum Gasteiger partial charge on any atom is 0.306 e. The molecule has 6 heteroatoms. The van der Waals surface area contributed by atoms with Gasteiger partial charge in [0.25, 0.3) is 0 Å². The Bertz CT molecular complexity index is 1640. The summed E-state index contributed by atoms with van der Waals surface area (Å²) in [5.41, 5.74) is 0. The van der Waals surface area contributed by atoms with E-state index in [-0.39, 0.29) is 31.1 Å². The quantitative estimate of drug-likeness (QED) is 0.0261. The van der Waals surface area contributed by atoms with Gasteiger partial charge in [-0.05, 0) is 89.9 Å². The summed E-state index contributed by atoms with van der Waals surface area (Å²) in [7, 11) is 0. The van der Waals surface area contributed by atoms with Gasteiger partial charge in [0.05, 0.1) is 0 Å². The molecule has 0 aromatic carbocycles. The fourth-order valence-corrected chi connectivity index (χ4v) is 9.85. The maximum atomic E-state index is 12.9. The third-order valence-electron chi connectivity index (χ3n) is 15.0. The van der Waals surface area contributed by atoms with E-state index in [1.165, 1.54) is 161 Å². The summed E-state index contributed by atoms with van der Waals surface area (Å²) in [6.07, 6.45) is 95.4. The number of hydrogen-bond donors (Lipinski definition) is 0. The molecular weight excluding hydrogens is 1010 g/mol. The standard InChI is InChI=1S/C76H130O6/c1-4-7-10-13-16-19-22-24-26-28-30-32-33-34-35-36-37-38-39-40-41-42-43-44-46-47-49-51-54-57-60-63-66-69-75(78)81-72-73(71-80-74(77)68-65-62-59-56-53-21-18-15-12-9-6-3)82-76(79)70-67-64-61-58-55-52-50-48-45-31-29-27-25-23-20-17-14-11-8-5-2/h7,10,16,19,24,26,30,32,34-35,37-38,40-41,43-44,47,49,73H,4-6,8-9,11-15,17-18,20-23,25,27-29,31,33,36,39,42,45-46,48,50-72H2,1-3H3/b10-7-,19-16-,26-24-,32-30-,35-34-,38-37-,41-40-,44-43-,49-47-. The molecule has 0 fully saturated rings. The Kier molecular flexibility index (Phi) is 66.2. The van der Waals surface area contributed by atoms with Gasteiger partial charge in [0, 0.05) is 19.3 Å². The van der Waals surface area contributed by atoms with Gasteiger partial charge in [-0.1, -0.05) is 336 Å². The fourth-order valence-electron chi connectivity index (χ4n) is 9.85. The number of hydrogen-bond acceptors (Lipinski definition) is 6. The highest BCUT2D eigenvalue weighted by atomic mass is 16.6. The van der Waals surface area contributed by atoms with Crippen LogP contribution in [0.15, 0.2) is 109 Å². The van der Waals surface area contributed by atoms with E-state index in [0.29, 0.717) is 19.3 Å². The summed E-state index contributed by atoms with van der Waals surface area (Å²) in [6, 6.07) is 0. The first-order valence-electron chi connectivity index (χ1n) is 34.9.